The minimum atomic E-state index is -0.386. The molecule has 0 amide bonds. The lowest BCUT2D eigenvalue weighted by atomic mass is 9.99. The van der Waals surface area contributed by atoms with E-state index in [1.165, 1.54) is 20.3 Å². The molecule has 5 heteroatoms. The molecule has 0 spiro atoms. The van der Waals surface area contributed by atoms with Crippen molar-refractivity contribution < 1.29 is 18.6 Å². The number of rotatable bonds is 4. The van der Waals surface area contributed by atoms with Gasteiger partial charge in [-0.05, 0) is 24.6 Å². The summed E-state index contributed by atoms with van der Waals surface area (Å²) in [5.74, 6) is 1.08. The minimum absolute atomic E-state index is 0.328. The summed E-state index contributed by atoms with van der Waals surface area (Å²) in [7, 11) is 4.55. The van der Waals surface area contributed by atoms with Crippen LogP contribution in [-0.2, 0) is 0 Å². The molecule has 0 aliphatic rings. The zero-order valence-electron chi connectivity index (χ0n) is 12.5. The molecule has 2 rings (SSSR count). The Labute approximate surface area is 123 Å². The van der Waals surface area contributed by atoms with Gasteiger partial charge in [-0.1, -0.05) is 0 Å². The van der Waals surface area contributed by atoms with Gasteiger partial charge in [0.05, 0.1) is 26.9 Å². The highest BCUT2D eigenvalue weighted by Gasteiger charge is 2.19. The maximum atomic E-state index is 14.3. The van der Waals surface area contributed by atoms with E-state index < -0.39 is 0 Å². The lowest BCUT2D eigenvalue weighted by Gasteiger charge is -2.16. The van der Waals surface area contributed by atoms with Crippen LogP contribution in [0.25, 0.3) is 11.1 Å². The number of hydrogen-bond acceptors (Lipinski definition) is 4. The first-order valence-electron chi connectivity index (χ1n) is 6.37. The molecule has 0 aliphatic carbocycles. The van der Waals surface area contributed by atoms with Gasteiger partial charge in [-0.2, -0.15) is 0 Å². The molecule has 0 saturated heterocycles. The smallest absolute Gasteiger partial charge is 0.134 e. The van der Waals surface area contributed by atoms with Crippen LogP contribution in [0.15, 0.2) is 24.3 Å². The molecule has 0 radical (unpaired) electrons. The summed E-state index contributed by atoms with van der Waals surface area (Å²) in [4.78, 5) is 0. The fourth-order valence-electron chi connectivity index (χ4n) is 2.15. The number of hydrogen-bond donors (Lipinski definition) is 1. The number of nitrogen functional groups attached to an aromatic ring is 1. The Morgan fingerprint density at radius 2 is 1.48 bits per heavy atom. The van der Waals surface area contributed by atoms with Crippen molar-refractivity contribution in [3.63, 3.8) is 0 Å². The highest BCUT2D eigenvalue weighted by atomic mass is 19.1. The second-order valence-corrected chi connectivity index (χ2v) is 4.60. The first kappa shape index (κ1) is 15.0. The van der Waals surface area contributed by atoms with E-state index in [1.54, 1.807) is 32.2 Å². The maximum absolute atomic E-state index is 14.3. The zero-order valence-corrected chi connectivity index (χ0v) is 12.5. The van der Waals surface area contributed by atoms with Crippen LogP contribution >= 0.6 is 0 Å². The predicted molar refractivity (Wildman–Crippen MR) is 80.6 cm³/mol. The molecule has 0 saturated carbocycles. The summed E-state index contributed by atoms with van der Waals surface area (Å²) >= 11 is 0. The van der Waals surface area contributed by atoms with Crippen molar-refractivity contribution in [3.05, 3.63) is 35.6 Å². The van der Waals surface area contributed by atoms with Gasteiger partial charge >= 0.3 is 0 Å². The molecule has 0 heterocycles. The van der Waals surface area contributed by atoms with Crippen LogP contribution in [0, 0.1) is 12.7 Å². The molecule has 0 bridgehead atoms. The Morgan fingerprint density at radius 3 is 1.95 bits per heavy atom. The van der Waals surface area contributed by atoms with Gasteiger partial charge in [-0.15, -0.1) is 0 Å². The Morgan fingerprint density at radius 1 is 0.905 bits per heavy atom. The largest absolute Gasteiger partial charge is 0.496 e. The number of benzene rings is 2. The van der Waals surface area contributed by atoms with Crippen molar-refractivity contribution in [1.29, 1.82) is 0 Å². The third-order valence-corrected chi connectivity index (χ3v) is 3.34. The maximum Gasteiger partial charge on any atom is 0.134 e. The highest BCUT2D eigenvalue weighted by Crippen LogP contribution is 2.43. The van der Waals surface area contributed by atoms with Crippen LogP contribution in [0.1, 0.15) is 5.56 Å². The van der Waals surface area contributed by atoms with E-state index >= 15 is 0 Å². The highest BCUT2D eigenvalue weighted by molar-refractivity contribution is 5.81. The van der Waals surface area contributed by atoms with Crippen molar-refractivity contribution in [2.24, 2.45) is 0 Å². The molecule has 2 N–H and O–H groups in total. The summed E-state index contributed by atoms with van der Waals surface area (Å²) in [6.45, 7) is 1.75. The lowest BCUT2D eigenvalue weighted by Crippen LogP contribution is -1.99. The Hall–Kier alpha value is -2.43. The van der Waals surface area contributed by atoms with E-state index in [4.69, 9.17) is 19.9 Å². The van der Waals surface area contributed by atoms with Gasteiger partial charge in [-0.25, -0.2) is 4.39 Å². The van der Waals surface area contributed by atoms with E-state index in [9.17, 15) is 4.39 Å². The number of aryl methyl sites for hydroxylation is 1. The first-order chi connectivity index (χ1) is 10.0. The van der Waals surface area contributed by atoms with Crippen LogP contribution in [0.3, 0.4) is 0 Å². The van der Waals surface area contributed by atoms with Crippen LogP contribution in [-0.4, -0.2) is 21.3 Å². The van der Waals surface area contributed by atoms with Gasteiger partial charge in [0.25, 0.3) is 0 Å². The molecule has 0 fully saturated rings. The molecule has 2 aromatic rings. The van der Waals surface area contributed by atoms with Gasteiger partial charge in [-0.3, -0.25) is 0 Å². The molecule has 0 aliphatic heterocycles. The molecule has 0 aromatic heterocycles. The number of methoxy groups -OCH3 is 3. The van der Waals surface area contributed by atoms with Crippen LogP contribution in [0.5, 0.6) is 17.2 Å². The first-order valence-corrected chi connectivity index (χ1v) is 6.37. The van der Waals surface area contributed by atoms with E-state index in [0.717, 1.165) is 0 Å². The topological polar surface area (TPSA) is 53.7 Å². The van der Waals surface area contributed by atoms with Gasteiger partial charge < -0.3 is 19.9 Å². The zero-order chi connectivity index (χ0) is 15.6. The third kappa shape index (κ3) is 2.72. The Balaban J connectivity index is 2.76. The second-order valence-electron chi connectivity index (χ2n) is 4.60. The van der Waals surface area contributed by atoms with Crippen LogP contribution < -0.4 is 19.9 Å². The lowest BCUT2D eigenvalue weighted by molar-refractivity contribution is 0.377. The molecular weight excluding hydrogens is 273 g/mol. The Bertz CT molecular complexity index is 646. The average molecular weight is 291 g/mol. The van der Waals surface area contributed by atoms with Gasteiger partial charge in [0.1, 0.15) is 23.1 Å². The van der Waals surface area contributed by atoms with Crippen molar-refractivity contribution >= 4 is 5.69 Å². The normalized spacial score (nSPS) is 10.3. The molecule has 0 unspecified atom stereocenters. The fraction of sp³-hybridized carbons (Fsp3) is 0.250. The van der Waals surface area contributed by atoms with E-state index in [-0.39, 0.29) is 5.82 Å². The van der Waals surface area contributed by atoms with Crippen LogP contribution in [0.4, 0.5) is 10.1 Å². The summed E-state index contributed by atoms with van der Waals surface area (Å²) in [5, 5.41) is 0. The van der Waals surface area contributed by atoms with Gasteiger partial charge in [0.15, 0.2) is 0 Å². The van der Waals surface area contributed by atoms with Crippen LogP contribution in [0.2, 0.25) is 0 Å². The third-order valence-electron chi connectivity index (χ3n) is 3.34. The van der Waals surface area contributed by atoms with Crippen molar-refractivity contribution in [1.82, 2.24) is 0 Å². The number of nitrogens with two attached hydrogens (primary N) is 1. The van der Waals surface area contributed by atoms with E-state index in [2.05, 4.69) is 0 Å². The fourth-order valence-corrected chi connectivity index (χ4v) is 2.15. The average Bonchev–Trinajstić information content (AvgIpc) is 2.49. The van der Waals surface area contributed by atoms with Gasteiger partial charge in [0, 0.05) is 23.4 Å². The number of halogens is 1. The molecule has 21 heavy (non-hydrogen) atoms. The quantitative estimate of drug-likeness (QED) is 0.877. The molecule has 112 valence electrons. The monoisotopic (exact) mass is 291 g/mol. The van der Waals surface area contributed by atoms with E-state index in [1.807, 2.05) is 0 Å². The van der Waals surface area contributed by atoms with Crippen molar-refractivity contribution in [2.45, 2.75) is 6.92 Å². The number of anilines is 1. The molecule has 0 atom stereocenters. The summed E-state index contributed by atoms with van der Waals surface area (Å²) in [6, 6.07) is 6.33. The Kier molecular flexibility index (Phi) is 4.21. The van der Waals surface area contributed by atoms with Crippen molar-refractivity contribution in [3.8, 4) is 28.4 Å². The standard InChI is InChI=1S/C16H18FNO3/c1-9-5-12(17)11(8-13(9)18)16-14(20-3)6-10(19-2)7-15(16)21-4/h5-8H,18H2,1-4H3. The minimum Gasteiger partial charge on any atom is -0.496 e. The molecule has 4 nitrogen and oxygen atoms in total. The van der Waals surface area contributed by atoms with Crippen molar-refractivity contribution in [2.75, 3.05) is 27.1 Å². The summed E-state index contributed by atoms with van der Waals surface area (Å²) in [6.07, 6.45) is 0. The SMILES string of the molecule is COc1cc(OC)c(-c2cc(N)c(C)cc2F)c(OC)c1. The predicted octanol–water partition coefficient (Wildman–Crippen LogP) is 3.41. The summed E-state index contributed by atoms with van der Waals surface area (Å²) in [5.41, 5.74) is 7.91. The number of ether oxygens (including phenoxy) is 3. The van der Waals surface area contributed by atoms with Gasteiger partial charge in [0.2, 0.25) is 0 Å². The summed E-state index contributed by atoms with van der Waals surface area (Å²) < 4.78 is 30.2. The molecule has 2 aromatic carbocycles. The second kappa shape index (κ2) is 5.91. The van der Waals surface area contributed by atoms with E-state index in [0.29, 0.717) is 39.6 Å². The molecular formula is C16H18FNO3.